The van der Waals surface area contributed by atoms with Gasteiger partial charge in [-0.2, -0.15) is 0 Å². The Bertz CT molecular complexity index is 168. The first-order chi connectivity index (χ1) is 7.43. The molecule has 98 valence electrons. The van der Waals surface area contributed by atoms with E-state index in [-0.39, 0.29) is 12.2 Å². The molecule has 0 aromatic carbocycles. The Morgan fingerprint density at radius 2 is 1.81 bits per heavy atom. The van der Waals surface area contributed by atoms with Crippen molar-refractivity contribution >= 4 is 0 Å². The van der Waals surface area contributed by atoms with Gasteiger partial charge in [0.1, 0.15) is 0 Å². The van der Waals surface area contributed by atoms with E-state index in [9.17, 15) is 0 Å². The summed E-state index contributed by atoms with van der Waals surface area (Å²) in [6.07, 6.45) is 4.66. The lowest BCUT2D eigenvalue weighted by atomic mass is 9.84. The van der Waals surface area contributed by atoms with Gasteiger partial charge in [-0.25, -0.2) is 0 Å². The van der Waals surface area contributed by atoms with Crippen molar-refractivity contribution in [2.45, 2.75) is 65.9 Å². The van der Waals surface area contributed by atoms with Gasteiger partial charge in [-0.3, -0.25) is 0 Å². The molecule has 0 amide bonds. The van der Waals surface area contributed by atoms with Crippen molar-refractivity contribution in [3.8, 4) is 0 Å². The third kappa shape index (κ3) is 7.24. The summed E-state index contributed by atoms with van der Waals surface area (Å²) >= 11 is 0. The fourth-order valence-electron chi connectivity index (χ4n) is 2.69. The molecule has 0 aromatic rings. The molecule has 0 aliphatic heterocycles. The molecule has 2 atom stereocenters. The Morgan fingerprint density at radius 3 is 2.25 bits per heavy atom. The van der Waals surface area contributed by atoms with E-state index in [4.69, 9.17) is 9.84 Å². The maximum absolute atomic E-state index is 8.88. The lowest BCUT2D eigenvalue weighted by Crippen LogP contribution is -2.34. The summed E-state index contributed by atoms with van der Waals surface area (Å²) < 4.78 is 5.86. The smallest absolute Gasteiger partial charge is 0.0705 e. The first kappa shape index (κ1) is 15.9. The predicted molar refractivity (Wildman–Crippen MR) is 69.6 cm³/mol. The summed E-state index contributed by atoms with van der Waals surface area (Å²) in [6.45, 7) is 11.7. The molecular weight excluding hydrogens is 200 g/mol. The van der Waals surface area contributed by atoms with Crippen LogP contribution in [0.2, 0.25) is 0 Å². The van der Waals surface area contributed by atoms with Crippen LogP contribution in [-0.4, -0.2) is 23.9 Å². The molecule has 0 bridgehead atoms. The lowest BCUT2D eigenvalue weighted by molar-refractivity contribution is -0.0713. The van der Waals surface area contributed by atoms with Crippen molar-refractivity contribution in [3.05, 3.63) is 0 Å². The van der Waals surface area contributed by atoms with Gasteiger partial charge in [0, 0.05) is 0 Å². The Kier molecular flexibility index (Phi) is 8.04. The zero-order chi connectivity index (χ0) is 12.6. The fourth-order valence-corrected chi connectivity index (χ4v) is 2.69. The van der Waals surface area contributed by atoms with Gasteiger partial charge in [-0.1, -0.05) is 40.5 Å². The number of aliphatic hydroxyl groups is 1. The first-order valence-electron chi connectivity index (χ1n) is 6.68. The molecule has 0 aromatic heterocycles. The lowest BCUT2D eigenvalue weighted by Gasteiger charge is -2.34. The number of rotatable bonds is 9. The monoisotopic (exact) mass is 230 g/mol. The largest absolute Gasteiger partial charge is 0.394 e. The SMILES string of the molecule is CCCC(C)CC(C)(CC(C)C)OCCO. The molecule has 0 fully saturated rings. The molecule has 2 unspecified atom stereocenters. The van der Waals surface area contributed by atoms with Crippen molar-refractivity contribution in [1.82, 2.24) is 0 Å². The van der Waals surface area contributed by atoms with E-state index in [1.54, 1.807) is 0 Å². The number of hydrogen-bond acceptors (Lipinski definition) is 2. The van der Waals surface area contributed by atoms with Gasteiger partial charge in [0.25, 0.3) is 0 Å². The number of aliphatic hydroxyl groups excluding tert-OH is 1. The summed E-state index contributed by atoms with van der Waals surface area (Å²) in [7, 11) is 0. The second-order valence-corrected chi connectivity index (χ2v) is 5.72. The Balaban J connectivity index is 4.27. The molecule has 0 spiro atoms. The van der Waals surface area contributed by atoms with Gasteiger partial charge in [0.15, 0.2) is 0 Å². The minimum absolute atomic E-state index is 0.0640. The average molecular weight is 230 g/mol. The minimum atomic E-state index is -0.0640. The Labute approximate surface area is 101 Å². The van der Waals surface area contributed by atoms with Crippen LogP contribution in [0.1, 0.15) is 60.3 Å². The Hall–Kier alpha value is -0.0800. The van der Waals surface area contributed by atoms with Crippen molar-refractivity contribution < 1.29 is 9.84 Å². The minimum Gasteiger partial charge on any atom is -0.394 e. The van der Waals surface area contributed by atoms with E-state index in [0.717, 1.165) is 12.8 Å². The van der Waals surface area contributed by atoms with Gasteiger partial charge >= 0.3 is 0 Å². The van der Waals surface area contributed by atoms with Crippen molar-refractivity contribution in [2.24, 2.45) is 11.8 Å². The van der Waals surface area contributed by atoms with Crippen LogP contribution < -0.4 is 0 Å². The highest BCUT2D eigenvalue weighted by molar-refractivity contribution is 4.79. The van der Waals surface area contributed by atoms with Crippen LogP contribution >= 0.6 is 0 Å². The van der Waals surface area contributed by atoms with Crippen LogP contribution in [0, 0.1) is 11.8 Å². The van der Waals surface area contributed by atoms with Crippen LogP contribution in [0.3, 0.4) is 0 Å². The van der Waals surface area contributed by atoms with Crippen LogP contribution in [0.5, 0.6) is 0 Å². The molecule has 0 saturated heterocycles. The summed E-state index contributed by atoms with van der Waals surface area (Å²) in [4.78, 5) is 0. The molecule has 0 radical (unpaired) electrons. The maximum atomic E-state index is 8.88. The van der Waals surface area contributed by atoms with Gasteiger partial charge in [0.2, 0.25) is 0 Å². The summed E-state index contributed by atoms with van der Waals surface area (Å²) in [6, 6.07) is 0. The van der Waals surface area contributed by atoms with Crippen LogP contribution in [-0.2, 0) is 4.74 Å². The van der Waals surface area contributed by atoms with Crippen molar-refractivity contribution in [1.29, 1.82) is 0 Å². The second kappa shape index (κ2) is 8.08. The molecule has 1 N–H and O–H groups in total. The third-order valence-electron chi connectivity index (χ3n) is 2.94. The van der Waals surface area contributed by atoms with E-state index in [1.807, 2.05) is 0 Å². The zero-order valence-electron chi connectivity index (χ0n) is 11.8. The molecule has 0 rings (SSSR count). The predicted octanol–water partition coefficient (Wildman–Crippen LogP) is 3.63. The van der Waals surface area contributed by atoms with E-state index in [2.05, 4.69) is 34.6 Å². The number of hydrogen-bond donors (Lipinski definition) is 1. The maximum Gasteiger partial charge on any atom is 0.0705 e. The topological polar surface area (TPSA) is 29.5 Å². The molecule has 0 aliphatic rings. The zero-order valence-corrected chi connectivity index (χ0v) is 11.8. The van der Waals surface area contributed by atoms with E-state index < -0.39 is 0 Å². The molecule has 16 heavy (non-hydrogen) atoms. The molecule has 2 heteroatoms. The van der Waals surface area contributed by atoms with Gasteiger partial charge in [0.05, 0.1) is 18.8 Å². The van der Waals surface area contributed by atoms with Crippen LogP contribution in [0.25, 0.3) is 0 Å². The first-order valence-corrected chi connectivity index (χ1v) is 6.68. The van der Waals surface area contributed by atoms with E-state index in [1.165, 1.54) is 12.8 Å². The van der Waals surface area contributed by atoms with Crippen molar-refractivity contribution in [2.75, 3.05) is 13.2 Å². The Morgan fingerprint density at radius 1 is 1.19 bits per heavy atom. The summed E-state index contributed by atoms with van der Waals surface area (Å²) in [5.74, 6) is 1.34. The van der Waals surface area contributed by atoms with Crippen molar-refractivity contribution in [3.63, 3.8) is 0 Å². The second-order valence-electron chi connectivity index (χ2n) is 5.72. The van der Waals surface area contributed by atoms with Crippen LogP contribution in [0.4, 0.5) is 0 Å². The number of ether oxygens (including phenoxy) is 1. The highest BCUT2D eigenvalue weighted by Crippen LogP contribution is 2.30. The van der Waals surface area contributed by atoms with Gasteiger partial charge < -0.3 is 9.84 Å². The normalized spacial score (nSPS) is 17.4. The van der Waals surface area contributed by atoms with E-state index in [0.29, 0.717) is 18.4 Å². The van der Waals surface area contributed by atoms with Gasteiger partial charge in [-0.15, -0.1) is 0 Å². The quantitative estimate of drug-likeness (QED) is 0.655. The molecular formula is C14H30O2. The highest BCUT2D eigenvalue weighted by atomic mass is 16.5. The van der Waals surface area contributed by atoms with Crippen LogP contribution in [0.15, 0.2) is 0 Å². The fraction of sp³-hybridized carbons (Fsp3) is 1.00. The highest BCUT2D eigenvalue weighted by Gasteiger charge is 2.28. The van der Waals surface area contributed by atoms with Gasteiger partial charge in [-0.05, 0) is 31.6 Å². The molecule has 0 heterocycles. The third-order valence-corrected chi connectivity index (χ3v) is 2.94. The summed E-state index contributed by atoms with van der Waals surface area (Å²) in [5, 5.41) is 8.88. The molecule has 0 saturated carbocycles. The standard InChI is InChI=1S/C14H30O2/c1-6-7-13(4)11-14(5,10-12(2)3)16-9-8-15/h12-13,15H,6-11H2,1-5H3. The molecule has 0 aliphatic carbocycles. The average Bonchev–Trinajstić information content (AvgIpc) is 2.13. The summed E-state index contributed by atoms with van der Waals surface area (Å²) in [5.41, 5.74) is -0.0640. The van der Waals surface area contributed by atoms with E-state index >= 15 is 0 Å². The molecule has 2 nitrogen and oxygen atoms in total.